The van der Waals surface area contributed by atoms with Crippen LogP contribution in [0, 0.1) is 0 Å². The van der Waals surface area contributed by atoms with E-state index in [1.165, 1.54) is 83.5 Å². The van der Waals surface area contributed by atoms with Crippen LogP contribution in [0.5, 0.6) is 0 Å². The molecule has 0 aromatic carbocycles. The summed E-state index contributed by atoms with van der Waals surface area (Å²) in [4.78, 5) is 23.8. The van der Waals surface area contributed by atoms with Crippen LogP contribution in [0.3, 0.4) is 0 Å². The number of ether oxygens (including phenoxy) is 2. The van der Waals surface area contributed by atoms with Crippen LogP contribution in [-0.4, -0.2) is 24.6 Å². The number of hydrogen-bond acceptors (Lipinski definition) is 4. The molecule has 0 aliphatic heterocycles. The molecule has 0 radical (unpaired) electrons. The SMILES string of the molecule is CCCCCCCCCCCCCCCCCOC(=O)CCCC(=O)OC(CCC)CCC. The molecule has 0 aliphatic rings. The van der Waals surface area contributed by atoms with E-state index in [0.717, 1.165) is 38.5 Å². The molecule has 0 aromatic heterocycles. The van der Waals surface area contributed by atoms with Crippen molar-refractivity contribution in [3.8, 4) is 0 Å². The summed E-state index contributed by atoms with van der Waals surface area (Å²) in [5, 5.41) is 0. The van der Waals surface area contributed by atoms with Gasteiger partial charge in [-0.25, -0.2) is 0 Å². The van der Waals surface area contributed by atoms with E-state index in [1.54, 1.807) is 0 Å². The minimum atomic E-state index is -0.188. The third-order valence-corrected chi connectivity index (χ3v) is 6.29. The van der Waals surface area contributed by atoms with E-state index in [2.05, 4.69) is 20.8 Å². The summed E-state index contributed by atoms with van der Waals surface area (Å²) in [6.07, 6.45) is 25.0. The van der Waals surface area contributed by atoms with Crippen molar-refractivity contribution in [3.63, 3.8) is 0 Å². The van der Waals surface area contributed by atoms with Crippen molar-refractivity contribution >= 4 is 11.9 Å². The maximum atomic E-state index is 11.9. The Kier molecular flexibility index (Phi) is 24.7. The number of unbranched alkanes of at least 4 members (excludes halogenated alkanes) is 14. The van der Waals surface area contributed by atoms with Crippen molar-refractivity contribution in [2.75, 3.05) is 6.61 Å². The molecule has 0 aromatic rings. The predicted octanol–water partition coefficient (Wildman–Crippen LogP) is 9.08. The zero-order chi connectivity index (χ0) is 24.4. The van der Waals surface area contributed by atoms with Crippen LogP contribution < -0.4 is 0 Å². The Morgan fingerprint density at radius 3 is 1.39 bits per heavy atom. The molecule has 0 fully saturated rings. The van der Waals surface area contributed by atoms with E-state index in [4.69, 9.17) is 9.47 Å². The fourth-order valence-corrected chi connectivity index (χ4v) is 4.26. The zero-order valence-corrected chi connectivity index (χ0v) is 22.5. The predicted molar refractivity (Wildman–Crippen MR) is 139 cm³/mol. The molecule has 0 saturated carbocycles. The van der Waals surface area contributed by atoms with Crippen molar-refractivity contribution in [1.82, 2.24) is 0 Å². The van der Waals surface area contributed by atoms with Gasteiger partial charge in [0.25, 0.3) is 0 Å². The lowest BCUT2D eigenvalue weighted by molar-refractivity contribution is -0.150. The van der Waals surface area contributed by atoms with Gasteiger partial charge in [0.05, 0.1) is 6.61 Å². The van der Waals surface area contributed by atoms with E-state index < -0.39 is 0 Å². The summed E-state index contributed by atoms with van der Waals surface area (Å²) in [6, 6.07) is 0. The van der Waals surface area contributed by atoms with Gasteiger partial charge in [-0.05, 0) is 25.7 Å². The van der Waals surface area contributed by atoms with Crippen molar-refractivity contribution in [1.29, 1.82) is 0 Å². The average Bonchev–Trinajstić information content (AvgIpc) is 2.79. The molecule has 0 atom stereocenters. The van der Waals surface area contributed by atoms with E-state index in [9.17, 15) is 9.59 Å². The molecular formula is C29H56O4. The molecule has 0 unspecified atom stereocenters. The first kappa shape index (κ1) is 31.9. The largest absolute Gasteiger partial charge is 0.466 e. The van der Waals surface area contributed by atoms with Crippen LogP contribution in [0.15, 0.2) is 0 Å². The molecule has 0 saturated heterocycles. The van der Waals surface area contributed by atoms with Crippen molar-refractivity contribution < 1.29 is 19.1 Å². The monoisotopic (exact) mass is 468 g/mol. The summed E-state index contributed by atoms with van der Waals surface area (Å²) < 4.78 is 10.8. The zero-order valence-electron chi connectivity index (χ0n) is 22.5. The maximum absolute atomic E-state index is 11.9. The minimum Gasteiger partial charge on any atom is -0.466 e. The topological polar surface area (TPSA) is 52.6 Å². The summed E-state index contributed by atoms with van der Waals surface area (Å²) >= 11 is 0. The van der Waals surface area contributed by atoms with Gasteiger partial charge in [-0.3, -0.25) is 9.59 Å². The maximum Gasteiger partial charge on any atom is 0.306 e. The van der Waals surface area contributed by atoms with E-state index in [1.807, 2.05) is 0 Å². The highest BCUT2D eigenvalue weighted by Gasteiger charge is 2.13. The van der Waals surface area contributed by atoms with Gasteiger partial charge in [-0.2, -0.15) is 0 Å². The Balaban J connectivity index is 3.38. The lowest BCUT2D eigenvalue weighted by Gasteiger charge is -2.16. The number of esters is 2. The van der Waals surface area contributed by atoms with Crippen LogP contribution >= 0.6 is 0 Å². The smallest absolute Gasteiger partial charge is 0.306 e. The van der Waals surface area contributed by atoms with Crippen molar-refractivity contribution in [2.24, 2.45) is 0 Å². The van der Waals surface area contributed by atoms with Gasteiger partial charge < -0.3 is 9.47 Å². The van der Waals surface area contributed by atoms with E-state index in [-0.39, 0.29) is 18.0 Å². The fraction of sp³-hybridized carbons (Fsp3) is 0.931. The van der Waals surface area contributed by atoms with E-state index >= 15 is 0 Å². The highest BCUT2D eigenvalue weighted by atomic mass is 16.5. The van der Waals surface area contributed by atoms with Gasteiger partial charge in [0.15, 0.2) is 0 Å². The first-order chi connectivity index (χ1) is 16.1. The van der Waals surface area contributed by atoms with Gasteiger partial charge in [0.1, 0.15) is 6.10 Å². The van der Waals surface area contributed by atoms with Crippen LogP contribution in [0.4, 0.5) is 0 Å². The fourth-order valence-electron chi connectivity index (χ4n) is 4.26. The summed E-state index contributed by atoms with van der Waals surface area (Å²) in [5.41, 5.74) is 0. The Morgan fingerprint density at radius 1 is 0.515 bits per heavy atom. The second-order valence-corrected chi connectivity index (χ2v) is 9.71. The lowest BCUT2D eigenvalue weighted by Crippen LogP contribution is -2.18. The summed E-state index contributed by atoms with van der Waals surface area (Å²) in [6.45, 7) is 6.99. The first-order valence-corrected chi connectivity index (χ1v) is 14.5. The molecule has 0 aliphatic carbocycles. The average molecular weight is 469 g/mol. The van der Waals surface area contributed by atoms with Crippen LogP contribution in [0.25, 0.3) is 0 Å². The second-order valence-electron chi connectivity index (χ2n) is 9.71. The molecule has 4 nitrogen and oxygen atoms in total. The third kappa shape index (κ3) is 23.9. The van der Waals surface area contributed by atoms with Crippen LogP contribution in [-0.2, 0) is 19.1 Å². The third-order valence-electron chi connectivity index (χ3n) is 6.29. The van der Waals surface area contributed by atoms with Gasteiger partial charge in [-0.1, -0.05) is 124 Å². The van der Waals surface area contributed by atoms with Gasteiger partial charge in [-0.15, -0.1) is 0 Å². The Bertz CT molecular complexity index is 429. The summed E-state index contributed by atoms with van der Waals surface area (Å²) in [5.74, 6) is -0.371. The van der Waals surface area contributed by atoms with Crippen LogP contribution in [0.2, 0.25) is 0 Å². The van der Waals surface area contributed by atoms with E-state index in [0.29, 0.717) is 25.9 Å². The number of rotatable bonds is 25. The molecule has 196 valence electrons. The molecule has 0 heterocycles. The Hall–Kier alpha value is -1.06. The van der Waals surface area contributed by atoms with Gasteiger partial charge >= 0.3 is 11.9 Å². The Morgan fingerprint density at radius 2 is 0.939 bits per heavy atom. The molecule has 0 spiro atoms. The normalized spacial score (nSPS) is 11.2. The Labute approximate surface area is 206 Å². The molecule has 33 heavy (non-hydrogen) atoms. The number of carbonyl (C=O) groups excluding carboxylic acids is 2. The molecule has 0 amide bonds. The summed E-state index contributed by atoms with van der Waals surface area (Å²) in [7, 11) is 0. The standard InChI is InChI=1S/C29H56O4/c1-4-7-8-9-10-11-12-13-14-15-16-17-18-19-20-26-32-28(30)24-21-25-29(31)33-27(22-5-2)23-6-3/h27H,4-26H2,1-3H3. The van der Waals surface area contributed by atoms with Crippen molar-refractivity contribution in [3.05, 3.63) is 0 Å². The molecule has 4 heteroatoms. The van der Waals surface area contributed by atoms with Gasteiger partial charge in [0.2, 0.25) is 0 Å². The number of hydrogen-bond donors (Lipinski definition) is 0. The molecule has 0 N–H and O–H groups in total. The van der Waals surface area contributed by atoms with Crippen LogP contribution in [0.1, 0.15) is 162 Å². The highest BCUT2D eigenvalue weighted by molar-refractivity contribution is 5.72. The minimum absolute atomic E-state index is 0.0320. The molecule has 0 bridgehead atoms. The second kappa shape index (κ2) is 25.6. The quantitative estimate of drug-likeness (QED) is 0.0990. The lowest BCUT2D eigenvalue weighted by atomic mass is 10.0. The first-order valence-electron chi connectivity index (χ1n) is 14.5. The molecule has 0 rings (SSSR count). The molecular weight excluding hydrogens is 412 g/mol. The van der Waals surface area contributed by atoms with Gasteiger partial charge in [0, 0.05) is 12.8 Å². The highest BCUT2D eigenvalue weighted by Crippen LogP contribution is 2.14. The number of carbonyl (C=O) groups is 2. The van der Waals surface area contributed by atoms with Crippen molar-refractivity contribution in [2.45, 2.75) is 168 Å².